The molecule has 0 aliphatic rings. The van der Waals surface area contributed by atoms with Crippen LogP contribution in [0.1, 0.15) is 110 Å². The maximum absolute atomic E-state index is 12.5. The highest BCUT2D eigenvalue weighted by Crippen LogP contribution is 2.51. The number of rotatable bonds is 20. The van der Waals surface area contributed by atoms with Crippen LogP contribution >= 0.6 is 7.60 Å². The van der Waals surface area contributed by atoms with E-state index in [-0.39, 0.29) is 5.78 Å². The van der Waals surface area contributed by atoms with E-state index in [1.54, 1.807) is 0 Å². The van der Waals surface area contributed by atoms with Crippen molar-refractivity contribution in [1.82, 2.24) is 0 Å². The Morgan fingerprint density at radius 3 is 1.69 bits per heavy atom. The number of hydrogen-bond acceptors (Lipinski definition) is 2. The normalized spacial score (nSPS) is 15.7. The summed E-state index contributed by atoms with van der Waals surface area (Å²) in [6, 6.07) is 0. The van der Waals surface area contributed by atoms with Crippen molar-refractivity contribution in [3.8, 4) is 0 Å². The topological polar surface area (TPSA) is 46.5 Å². The fourth-order valence-corrected chi connectivity index (χ4v) is 5.75. The summed E-state index contributed by atoms with van der Waals surface area (Å²) >= 11 is 0. The molecule has 0 aromatic carbocycles. The third-order valence-corrected chi connectivity index (χ3v) is 7.93. The Labute approximate surface area is 182 Å². The monoisotopic (exact) mass is 432 g/mol. The zero-order valence-electron chi connectivity index (χ0n) is 20.2. The maximum atomic E-state index is 12.5. The van der Waals surface area contributed by atoms with Crippen LogP contribution in [0.3, 0.4) is 0 Å². The first-order valence-electron chi connectivity index (χ1n) is 12.2. The van der Waals surface area contributed by atoms with Gasteiger partial charge in [0.05, 0.1) is 27.7 Å². The zero-order chi connectivity index (χ0) is 22.0. The fraction of sp³-hybridized carbons (Fsp3) is 0.917. The van der Waals surface area contributed by atoms with E-state index >= 15 is 0 Å². The number of quaternary nitrogens is 1. The van der Waals surface area contributed by atoms with Crippen LogP contribution in [0, 0.1) is 0 Å². The van der Waals surface area contributed by atoms with E-state index in [9.17, 15) is 9.46 Å². The van der Waals surface area contributed by atoms with Gasteiger partial charge in [0.1, 0.15) is 0 Å². The SMILES string of the molecule is CCCCCC/C=C\CCCCCCCCCCOP(=O)(O)C(CC)[N+](C)(C)C. The molecule has 0 heterocycles. The van der Waals surface area contributed by atoms with E-state index in [0.717, 1.165) is 12.8 Å². The Bertz CT molecular complexity index is 446. The molecule has 174 valence electrons. The number of hydrogen-bond donors (Lipinski definition) is 1. The van der Waals surface area contributed by atoms with Crippen molar-refractivity contribution in [1.29, 1.82) is 0 Å². The molecular formula is C24H51NO3P+. The average Bonchev–Trinajstić information content (AvgIpc) is 2.63. The molecule has 29 heavy (non-hydrogen) atoms. The van der Waals surface area contributed by atoms with Crippen molar-refractivity contribution in [2.45, 2.75) is 116 Å². The summed E-state index contributed by atoms with van der Waals surface area (Å²) in [6.45, 7) is 4.61. The lowest BCUT2D eigenvalue weighted by Crippen LogP contribution is -2.44. The molecule has 0 bridgehead atoms. The minimum absolute atomic E-state index is 0.349. The quantitative estimate of drug-likeness (QED) is 0.0929. The summed E-state index contributed by atoms with van der Waals surface area (Å²) < 4.78 is 18.3. The lowest BCUT2D eigenvalue weighted by atomic mass is 10.1. The second-order valence-corrected chi connectivity index (χ2v) is 11.3. The number of nitrogens with zero attached hydrogens (tertiary/aromatic N) is 1. The van der Waals surface area contributed by atoms with E-state index in [0.29, 0.717) is 17.5 Å². The van der Waals surface area contributed by atoms with Crippen molar-refractivity contribution < 1.29 is 18.5 Å². The summed E-state index contributed by atoms with van der Waals surface area (Å²) in [4.78, 5) is 10.2. The molecule has 0 saturated heterocycles. The minimum Gasteiger partial charge on any atom is -0.320 e. The summed E-state index contributed by atoms with van der Waals surface area (Å²) in [6.07, 6.45) is 23.0. The molecule has 0 amide bonds. The lowest BCUT2D eigenvalue weighted by molar-refractivity contribution is -0.883. The van der Waals surface area contributed by atoms with Gasteiger partial charge in [0, 0.05) is 6.42 Å². The molecule has 0 aromatic rings. The van der Waals surface area contributed by atoms with Crippen LogP contribution in [0.5, 0.6) is 0 Å². The molecule has 0 aromatic heterocycles. The van der Waals surface area contributed by atoms with Crippen LogP contribution < -0.4 is 0 Å². The number of unbranched alkanes of at least 4 members (excludes halogenated alkanes) is 12. The molecule has 0 aliphatic heterocycles. The van der Waals surface area contributed by atoms with Gasteiger partial charge in [-0.25, -0.2) is 0 Å². The van der Waals surface area contributed by atoms with Crippen molar-refractivity contribution in [3.05, 3.63) is 12.2 Å². The lowest BCUT2D eigenvalue weighted by Gasteiger charge is -2.35. The van der Waals surface area contributed by atoms with E-state index in [1.807, 2.05) is 28.1 Å². The predicted molar refractivity (Wildman–Crippen MR) is 127 cm³/mol. The van der Waals surface area contributed by atoms with Crippen LogP contribution in [-0.4, -0.2) is 42.9 Å². The van der Waals surface area contributed by atoms with Gasteiger partial charge in [0.2, 0.25) is 0 Å². The van der Waals surface area contributed by atoms with E-state index in [4.69, 9.17) is 4.52 Å². The minimum atomic E-state index is -3.55. The molecule has 0 saturated carbocycles. The molecule has 1 N–H and O–H groups in total. The van der Waals surface area contributed by atoms with Crippen LogP contribution in [0.15, 0.2) is 12.2 Å². The van der Waals surface area contributed by atoms with Crippen molar-refractivity contribution >= 4 is 7.60 Å². The molecule has 0 spiro atoms. The molecule has 0 radical (unpaired) electrons. The molecule has 2 unspecified atom stereocenters. The van der Waals surface area contributed by atoms with Crippen molar-refractivity contribution in [2.75, 3.05) is 27.7 Å². The van der Waals surface area contributed by atoms with Gasteiger partial charge in [0.15, 0.2) is 5.78 Å². The van der Waals surface area contributed by atoms with Gasteiger partial charge >= 0.3 is 7.60 Å². The first-order valence-corrected chi connectivity index (χ1v) is 13.8. The third kappa shape index (κ3) is 16.2. The first kappa shape index (κ1) is 28.9. The van der Waals surface area contributed by atoms with Crippen LogP contribution in [0.4, 0.5) is 0 Å². The first-order chi connectivity index (χ1) is 13.8. The standard InChI is InChI=1S/C24H50NO3P/c1-6-8-9-10-11-12-13-14-15-16-17-18-19-20-21-22-23-28-29(26,27)24(7-2)25(3,4)5/h12-13,24H,6-11,14-23H2,1-5H3/p+1/b13-12-. The van der Waals surface area contributed by atoms with Crippen LogP contribution in [0.25, 0.3) is 0 Å². The number of allylic oxidation sites excluding steroid dienone is 2. The van der Waals surface area contributed by atoms with Gasteiger partial charge in [-0.05, 0) is 32.1 Å². The van der Waals surface area contributed by atoms with E-state index in [1.165, 1.54) is 77.0 Å². The molecule has 2 atom stereocenters. The summed E-state index contributed by atoms with van der Waals surface area (Å²) in [5.41, 5.74) is 0. The van der Waals surface area contributed by atoms with Gasteiger partial charge < -0.3 is 13.9 Å². The summed E-state index contributed by atoms with van der Waals surface area (Å²) in [7, 11) is 2.30. The summed E-state index contributed by atoms with van der Waals surface area (Å²) in [5.74, 6) is -0.349. The highest BCUT2D eigenvalue weighted by Gasteiger charge is 2.41. The second kappa shape index (κ2) is 17.5. The highest BCUT2D eigenvalue weighted by atomic mass is 31.2. The Hall–Kier alpha value is -0.150. The van der Waals surface area contributed by atoms with E-state index in [2.05, 4.69) is 19.1 Å². The van der Waals surface area contributed by atoms with Gasteiger partial charge in [-0.3, -0.25) is 4.57 Å². The average molecular weight is 433 g/mol. The van der Waals surface area contributed by atoms with Gasteiger partial charge in [-0.15, -0.1) is 0 Å². The molecular weight excluding hydrogens is 381 g/mol. The Morgan fingerprint density at radius 1 is 0.793 bits per heavy atom. The van der Waals surface area contributed by atoms with Crippen molar-refractivity contribution in [2.24, 2.45) is 0 Å². The Balaban J connectivity index is 3.52. The maximum Gasteiger partial charge on any atom is 0.385 e. The van der Waals surface area contributed by atoms with Gasteiger partial charge in [-0.2, -0.15) is 0 Å². The molecule has 4 nitrogen and oxygen atoms in total. The Kier molecular flexibility index (Phi) is 17.4. The highest BCUT2D eigenvalue weighted by molar-refractivity contribution is 7.53. The largest absolute Gasteiger partial charge is 0.385 e. The van der Waals surface area contributed by atoms with Crippen LogP contribution in [0.2, 0.25) is 0 Å². The van der Waals surface area contributed by atoms with Gasteiger partial charge in [0.25, 0.3) is 0 Å². The predicted octanol–water partition coefficient (Wildman–Crippen LogP) is 7.67. The molecule has 0 fully saturated rings. The molecule has 0 aliphatic carbocycles. The molecule has 0 rings (SSSR count). The zero-order valence-corrected chi connectivity index (χ0v) is 21.1. The second-order valence-electron chi connectivity index (χ2n) is 9.34. The molecule has 5 heteroatoms. The van der Waals surface area contributed by atoms with Gasteiger partial charge in [-0.1, -0.05) is 83.8 Å². The fourth-order valence-electron chi connectivity index (χ4n) is 3.85. The Morgan fingerprint density at radius 2 is 1.24 bits per heavy atom. The van der Waals surface area contributed by atoms with E-state index < -0.39 is 7.60 Å². The summed E-state index contributed by atoms with van der Waals surface area (Å²) in [5, 5.41) is 0. The third-order valence-electron chi connectivity index (χ3n) is 5.57. The van der Waals surface area contributed by atoms with Crippen molar-refractivity contribution in [3.63, 3.8) is 0 Å². The smallest absolute Gasteiger partial charge is 0.320 e. The van der Waals surface area contributed by atoms with Crippen LogP contribution in [-0.2, 0) is 9.09 Å².